The highest BCUT2D eigenvalue weighted by Crippen LogP contribution is 2.28. The highest BCUT2D eigenvalue weighted by molar-refractivity contribution is 7.10. The molecule has 2 atom stereocenters. The quantitative estimate of drug-likeness (QED) is 0.834. The number of rotatable bonds is 6. The molecule has 0 bridgehead atoms. The second-order valence-corrected chi connectivity index (χ2v) is 5.58. The standard InChI is InChI=1S/C16H21NOS/c1-4-18-15-9-6-5-8-14(15)12(2)17-13(3)16-10-7-11-19-16/h5-13,17H,4H2,1-3H3/t12?,13-/m1/s1. The van der Waals surface area contributed by atoms with E-state index in [-0.39, 0.29) is 6.04 Å². The third-order valence-corrected chi connectivity index (χ3v) is 4.21. The van der Waals surface area contributed by atoms with Crippen LogP contribution in [0.1, 0.15) is 43.3 Å². The number of nitrogens with one attached hydrogen (secondary N) is 1. The lowest BCUT2D eigenvalue weighted by molar-refractivity contribution is 0.331. The number of para-hydroxylation sites is 1. The Labute approximate surface area is 119 Å². The average molecular weight is 275 g/mol. The summed E-state index contributed by atoms with van der Waals surface area (Å²) >= 11 is 1.79. The summed E-state index contributed by atoms with van der Waals surface area (Å²) in [5.41, 5.74) is 1.22. The maximum Gasteiger partial charge on any atom is 0.124 e. The minimum atomic E-state index is 0.264. The van der Waals surface area contributed by atoms with Gasteiger partial charge in [-0.1, -0.05) is 24.3 Å². The largest absolute Gasteiger partial charge is 0.494 e. The van der Waals surface area contributed by atoms with Crippen LogP contribution in [0.5, 0.6) is 5.75 Å². The van der Waals surface area contributed by atoms with Crippen molar-refractivity contribution in [2.75, 3.05) is 6.61 Å². The lowest BCUT2D eigenvalue weighted by Crippen LogP contribution is -2.22. The highest BCUT2D eigenvalue weighted by atomic mass is 32.1. The molecule has 0 radical (unpaired) electrons. The van der Waals surface area contributed by atoms with Crippen LogP contribution in [-0.2, 0) is 0 Å². The Morgan fingerprint density at radius 3 is 2.58 bits per heavy atom. The number of ether oxygens (including phenoxy) is 1. The van der Waals surface area contributed by atoms with E-state index in [4.69, 9.17) is 4.74 Å². The molecule has 0 saturated carbocycles. The number of hydrogen-bond acceptors (Lipinski definition) is 3. The van der Waals surface area contributed by atoms with Gasteiger partial charge < -0.3 is 10.1 Å². The molecule has 0 aliphatic carbocycles. The molecule has 0 amide bonds. The Bertz CT molecular complexity index is 495. The molecular weight excluding hydrogens is 254 g/mol. The molecule has 2 rings (SSSR count). The van der Waals surface area contributed by atoms with Gasteiger partial charge in [-0.15, -0.1) is 11.3 Å². The van der Waals surface area contributed by atoms with Gasteiger partial charge in [-0.2, -0.15) is 0 Å². The van der Waals surface area contributed by atoms with Gasteiger partial charge in [-0.25, -0.2) is 0 Å². The van der Waals surface area contributed by atoms with Gasteiger partial charge in [-0.3, -0.25) is 0 Å². The average Bonchev–Trinajstić information content (AvgIpc) is 2.93. The summed E-state index contributed by atoms with van der Waals surface area (Å²) in [5, 5.41) is 5.75. The molecule has 2 aromatic rings. The summed E-state index contributed by atoms with van der Waals surface area (Å²) in [6, 6.07) is 13.1. The Morgan fingerprint density at radius 2 is 1.89 bits per heavy atom. The third-order valence-electron chi connectivity index (χ3n) is 3.16. The van der Waals surface area contributed by atoms with Crippen molar-refractivity contribution in [2.24, 2.45) is 0 Å². The Morgan fingerprint density at radius 1 is 1.11 bits per heavy atom. The molecule has 1 aromatic carbocycles. The van der Waals surface area contributed by atoms with Crippen LogP contribution in [0.3, 0.4) is 0 Å². The topological polar surface area (TPSA) is 21.3 Å². The third kappa shape index (κ3) is 3.58. The van der Waals surface area contributed by atoms with Crippen LogP contribution >= 0.6 is 11.3 Å². The molecule has 0 aliphatic rings. The Kier molecular flexibility index (Phi) is 5.00. The van der Waals surface area contributed by atoms with E-state index in [1.165, 1.54) is 10.4 Å². The lowest BCUT2D eigenvalue weighted by Gasteiger charge is -2.21. The van der Waals surface area contributed by atoms with Crippen LogP contribution in [0.4, 0.5) is 0 Å². The number of thiophene rings is 1. The number of benzene rings is 1. The van der Waals surface area contributed by atoms with Crippen LogP contribution in [0.25, 0.3) is 0 Å². The first kappa shape index (κ1) is 14.1. The van der Waals surface area contributed by atoms with Crippen molar-refractivity contribution in [1.82, 2.24) is 5.32 Å². The van der Waals surface area contributed by atoms with Crippen molar-refractivity contribution in [3.63, 3.8) is 0 Å². The van der Waals surface area contributed by atoms with Gasteiger partial charge in [0.2, 0.25) is 0 Å². The van der Waals surface area contributed by atoms with Crippen molar-refractivity contribution in [2.45, 2.75) is 32.9 Å². The maximum absolute atomic E-state index is 5.69. The molecule has 1 aromatic heterocycles. The van der Waals surface area contributed by atoms with Crippen LogP contribution in [0.2, 0.25) is 0 Å². The zero-order valence-corrected chi connectivity index (χ0v) is 12.5. The van der Waals surface area contributed by atoms with E-state index in [2.05, 4.69) is 48.8 Å². The second kappa shape index (κ2) is 6.73. The molecule has 3 heteroatoms. The van der Waals surface area contributed by atoms with Crippen LogP contribution in [-0.4, -0.2) is 6.61 Å². The lowest BCUT2D eigenvalue weighted by atomic mass is 10.1. The summed E-state index contributed by atoms with van der Waals surface area (Å²) in [5.74, 6) is 0.975. The minimum absolute atomic E-state index is 0.264. The van der Waals surface area contributed by atoms with Gasteiger partial charge >= 0.3 is 0 Å². The number of hydrogen-bond donors (Lipinski definition) is 1. The van der Waals surface area contributed by atoms with E-state index in [0.717, 1.165) is 5.75 Å². The van der Waals surface area contributed by atoms with E-state index < -0.39 is 0 Å². The molecule has 102 valence electrons. The van der Waals surface area contributed by atoms with Gasteiger partial charge in [0.25, 0.3) is 0 Å². The SMILES string of the molecule is CCOc1ccccc1C(C)N[C@H](C)c1cccs1. The predicted molar refractivity (Wildman–Crippen MR) is 81.9 cm³/mol. The normalized spacial score (nSPS) is 14.1. The highest BCUT2D eigenvalue weighted by Gasteiger charge is 2.14. The molecule has 0 saturated heterocycles. The van der Waals surface area contributed by atoms with Gasteiger partial charge in [0.05, 0.1) is 6.61 Å². The summed E-state index contributed by atoms with van der Waals surface area (Å²) in [6.07, 6.45) is 0. The summed E-state index contributed by atoms with van der Waals surface area (Å²) < 4.78 is 5.69. The van der Waals surface area contributed by atoms with E-state index in [0.29, 0.717) is 12.6 Å². The molecule has 0 spiro atoms. The zero-order chi connectivity index (χ0) is 13.7. The van der Waals surface area contributed by atoms with Crippen molar-refractivity contribution >= 4 is 11.3 Å². The second-order valence-electron chi connectivity index (χ2n) is 4.60. The van der Waals surface area contributed by atoms with Crippen molar-refractivity contribution in [3.05, 3.63) is 52.2 Å². The van der Waals surface area contributed by atoms with Crippen LogP contribution in [0, 0.1) is 0 Å². The zero-order valence-electron chi connectivity index (χ0n) is 11.7. The first-order valence-electron chi connectivity index (χ1n) is 6.73. The fraction of sp³-hybridized carbons (Fsp3) is 0.375. The maximum atomic E-state index is 5.69. The molecule has 1 heterocycles. The van der Waals surface area contributed by atoms with E-state index in [9.17, 15) is 0 Å². The van der Waals surface area contributed by atoms with E-state index >= 15 is 0 Å². The van der Waals surface area contributed by atoms with E-state index in [1.807, 2.05) is 19.1 Å². The van der Waals surface area contributed by atoms with Crippen LogP contribution in [0.15, 0.2) is 41.8 Å². The van der Waals surface area contributed by atoms with Gasteiger partial charge in [0.1, 0.15) is 5.75 Å². The fourth-order valence-electron chi connectivity index (χ4n) is 2.21. The minimum Gasteiger partial charge on any atom is -0.494 e. The Balaban J connectivity index is 2.09. The predicted octanol–water partition coefficient (Wildman–Crippen LogP) is 4.56. The summed E-state index contributed by atoms with van der Waals surface area (Å²) in [6.45, 7) is 7.10. The summed E-state index contributed by atoms with van der Waals surface area (Å²) in [4.78, 5) is 1.36. The Hall–Kier alpha value is -1.32. The summed E-state index contributed by atoms with van der Waals surface area (Å²) in [7, 11) is 0. The smallest absolute Gasteiger partial charge is 0.124 e. The fourth-order valence-corrected chi connectivity index (χ4v) is 2.95. The van der Waals surface area contributed by atoms with Crippen molar-refractivity contribution < 1.29 is 4.74 Å². The van der Waals surface area contributed by atoms with E-state index in [1.54, 1.807) is 11.3 Å². The molecule has 1 unspecified atom stereocenters. The van der Waals surface area contributed by atoms with Crippen molar-refractivity contribution in [3.8, 4) is 5.75 Å². The first-order chi connectivity index (χ1) is 9.22. The molecule has 2 nitrogen and oxygen atoms in total. The van der Waals surface area contributed by atoms with Crippen molar-refractivity contribution in [1.29, 1.82) is 0 Å². The van der Waals surface area contributed by atoms with Gasteiger partial charge in [0, 0.05) is 22.5 Å². The molecule has 0 aliphatic heterocycles. The van der Waals surface area contributed by atoms with Gasteiger partial charge in [0.15, 0.2) is 0 Å². The molecule has 19 heavy (non-hydrogen) atoms. The van der Waals surface area contributed by atoms with Crippen LogP contribution < -0.4 is 10.1 Å². The molecular formula is C16H21NOS. The molecule has 0 fully saturated rings. The monoisotopic (exact) mass is 275 g/mol. The van der Waals surface area contributed by atoms with Gasteiger partial charge in [-0.05, 0) is 38.3 Å². The first-order valence-corrected chi connectivity index (χ1v) is 7.61. The molecule has 1 N–H and O–H groups in total.